The van der Waals surface area contributed by atoms with Crippen molar-refractivity contribution in [2.75, 3.05) is 5.32 Å². The van der Waals surface area contributed by atoms with Crippen molar-refractivity contribution < 1.29 is 4.79 Å². The van der Waals surface area contributed by atoms with Gasteiger partial charge in [-0.05, 0) is 23.6 Å². The Labute approximate surface area is 134 Å². The van der Waals surface area contributed by atoms with Crippen molar-refractivity contribution in [3.8, 4) is 0 Å². The monoisotopic (exact) mass is 319 g/mol. The maximum atomic E-state index is 12.3. The molecule has 22 heavy (non-hydrogen) atoms. The molecular weight excluding hydrogens is 302 g/mol. The highest BCUT2D eigenvalue weighted by molar-refractivity contribution is 5.95. The highest BCUT2D eigenvalue weighted by Gasteiger charge is 2.23. The summed E-state index contributed by atoms with van der Waals surface area (Å²) >= 11 is 0. The molecule has 0 radical (unpaired) electrons. The fourth-order valence-electron chi connectivity index (χ4n) is 2.54. The third kappa shape index (κ3) is 3.37. The molecule has 1 amide bonds. The van der Waals surface area contributed by atoms with Gasteiger partial charge < -0.3 is 15.2 Å². The molecule has 3 rings (SSSR count). The number of benzene rings is 1. The zero-order chi connectivity index (χ0) is 14.8. The number of carbonyl (C=O) groups excluding carboxylic acids is 1. The molecule has 1 aromatic carbocycles. The molecule has 0 saturated carbocycles. The van der Waals surface area contributed by atoms with Crippen LogP contribution in [0.25, 0.3) is 0 Å². The summed E-state index contributed by atoms with van der Waals surface area (Å²) in [6.07, 6.45) is 2.30. The fourth-order valence-corrected chi connectivity index (χ4v) is 2.54. The maximum Gasteiger partial charge on any atom is 0.250 e. The normalized spacial score (nSPS) is 16.3. The predicted octanol–water partition coefficient (Wildman–Crippen LogP) is 1.46. The molecule has 0 aliphatic carbocycles. The van der Waals surface area contributed by atoms with Crippen LogP contribution in [0.5, 0.6) is 0 Å². The lowest BCUT2D eigenvalue weighted by Gasteiger charge is -2.25. The van der Waals surface area contributed by atoms with Crippen LogP contribution in [0.2, 0.25) is 0 Å². The number of nitrogens with one attached hydrogen (secondary N) is 2. The standard InChI is InChI=1S/C16H17N3O2.ClH/c1-19-10-13(6-7-15(19)20)18-16(21)14-8-11-4-2-3-5-12(11)9-17-14;/h2-7,10,14,17H,8-9H2,1H3,(H,18,21);1H. The number of hydrogen-bond donors (Lipinski definition) is 2. The van der Waals surface area contributed by atoms with Crippen LogP contribution in [0.3, 0.4) is 0 Å². The van der Waals surface area contributed by atoms with E-state index in [0.29, 0.717) is 18.7 Å². The van der Waals surface area contributed by atoms with Gasteiger partial charge in [0, 0.05) is 25.9 Å². The molecule has 0 saturated heterocycles. The van der Waals surface area contributed by atoms with Crippen LogP contribution in [0.1, 0.15) is 11.1 Å². The van der Waals surface area contributed by atoms with Crippen molar-refractivity contribution in [2.24, 2.45) is 7.05 Å². The molecule has 2 heterocycles. The molecule has 0 spiro atoms. The Bertz CT molecular complexity index is 742. The molecule has 1 unspecified atom stereocenters. The van der Waals surface area contributed by atoms with Gasteiger partial charge in [-0.25, -0.2) is 0 Å². The van der Waals surface area contributed by atoms with Crippen LogP contribution in [0.4, 0.5) is 5.69 Å². The number of nitrogens with zero attached hydrogens (tertiary/aromatic N) is 1. The largest absolute Gasteiger partial charge is 0.323 e. The minimum Gasteiger partial charge on any atom is -0.323 e. The number of aryl methyl sites for hydroxylation is 1. The van der Waals surface area contributed by atoms with E-state index >= 15 is 0 Å². The first-order valence-electron chi connectivity index (χ1n) is 6.91. The van der Waals surface area contributed by atoms with E-state index < -0.39 is 0 Å². The van der Waals surface area contributed by atoms with E-state index in [1.54, 1.807) is 19.3 Å². The zero-order valence-corrected chi connectivity index (χ0v) is 13.0. The van der Waals surface area contributed by atoms with E-state index in [0.717, 1.165) is 0 Å². The summed E-state index contributed by atoms with van der Waals surface area (Å²) in [4.78, 5) is 23.6. The zero-order valence-electron chi connectivity index (χ0n) is 12.2. The number of carbonyl (C=O) groups is 1. The number of anilines is 1. The minimum absolute atomic E-state index is 0. The Kier molecular flexibility index (Phi) is 5.00. The molecule has 116 valence electrons. The summed E-state index contributed by atoms with van der Waals surface area (Å²) in [6, 6.07) is 10.9. The first-order valence-corrected chi connectivity index (χ1v) is 6.91. The van der Waals surface area contributed by atoms with Gasteiger partial charge in [0.2, 0.25) is 11.5 Å². The Morgan fingerprint density at radius 1 is 1.23 bits per heavy atom. The third-order valence-corrected chi connectivity index (χ3v) is 3.75. The molecule has 1 atom stereocenters. The molecule has 0 bridgehead atoms. The second-order valence-corrected chi connectivity index (χ2v) is 5.26. The summed E-state index contributed by atoms with van der Waals surface area (Å²) in [5.41, 5.74) is 2.97. The Hall–Kier alpha value is -2.11. The second kappa shape index (κ2) is 6.77. The van der Waals surface area contributed by atoms with Gasteiger partial charge in [0.15, 0.2) is 0 Å². The van der Waals surface area contributed by atoms with Crippen LogP contribution in [-0.2, 0) is 24.8 Å². The number of aromatic nitrogens is 1. The van der Waals surface area contributed by atoms with E-state index in [1.807, 2.05) is 12.1 Å². The van der Waals surface area contributed by atoms with E-state index in [-0.39, 0.29) is 29.9 Å². The topological polar surface area (TPSA) is 63.1 Å². The van der Waals surface area contributed by atoms with Crippen molar-refractivity contribution in [1.29, 1.82) is 0 Å². The van der Waals surface area contributed by atoms with E-state index in [1.165, 1.54) is 21.8 Å². The average Bonchev–Trinajstić information content (AvgIpc) is 2.50. The van der Waals surface area contributed by atoms with Gasteiger partial charge in [-0.2, -0.15) is 0 Å². The first-order chi connectivity index (χ1) is 10.1. The lowest BCUT2D eigenvalue weighted by Crippen LogP contribution is -2.44. The van der Waals surface area contributed by atoms with Gasteiger partial charge in [-0.15, -0.1) is 12.4 Å². The van der Waals surface area contributed by atoms with E-state index in [9.17, 15) is 9.59 Å². The lowest BCUT2D eigenvalue weighted by molar-refractivity contribution is -0.118. The minimum atomic E-state index is -0.253. The van der Waals surface area contributed by atoms with Crippen LogP contribution < -0.4 is 16.2 Å². The number of fused-ring (bicyclic) bond motifs is 1. The summed E-state index contributed by atoms with van der Waals surface area (Å²) in [6.45, 7) is 0.696. The van der Waals surface area contributed by atoms with Crippen molar-refractivity contribution in [3.05, 3.63) is 64.1 Å². The molecule has 2 aromatic rings. The van der Waals surface area contributed by atoms with Crippen LogP contribution in [0.15, 0.2) is 47.4 Å². The van der Waals surface area contributed by atoms with Gasteiger partial charge in [-0.3, -0.25) is 9.59 Å². The van der Waals surface area contributed by atoms with Crippen molar-refractivity contribution in [1.82, 2.24) is 9.88 Å². The van der Waals surface area contributed by atoms with Gasteiger partial charge in [0.1, 0.15) is 0 Å². The van der Waals surface area contributed by atoms with Gasteiger partial charge in [0.05, 0.1) is 11.7 Å². The molecule has 5 nitrogen and oxygen atoms in total. The lowest BCUT2D eigenvalue weighted by atomic mass is 9.95. The van der Waals surface area contributed by atoms with Crippen LogP contribution >= 0.6 is 12.4 Å². The number of rotatable bonds is 2. The molecule has 1 aromatic heterocycles. The Balaban J connectivity index is 0.00000176. The Morgan fingerprint density at radius 2 is 1.95 bits per heavy atom. The smallest absolute Gasteiger partial charge is 0.250 e. The van der Waals surface area contributed by atoms with Gasteiger partial charge >= 0.3 is 0 Å². The molecule has 2 N–H and O–H groups in total. The molecular formula is C16H18ClN3O2. The highest BCUT2D eigenvalue weighted by Crippen LogP contribution is 2.17. The maximum absolute atomic E-state index is 12.3. The van der Waals surface area contributed by atoms with Gasteiger partial charge in [0.25, 0.3) is 0 Å². The van der Waals surface area contributed by atoms with Crippen LogP contribution in [0, 0.1) is 0 Å². The quantitative estimate of drug-likeness (QED) is 0.881. The highest BCUT2D eigenvalue weighted by atomic mass is 35.5. The van der Waals surface area contributed by atoms with Gasteiger partial charge in [-0.1, -0.05) is 24.3 Å². The molecule has 1 aliphatic rings. The fraction of sp³-hybridized carbons (Fsp3) is 0.250. The number of halogens is 1. The first kappa shape index (κ1) is 16.3. The van der Waals surface area contributed by atoms with Crippen molar-refractivity contribution >= 4 is 24.0 Å². The molecule has 6 heteroatoms. The summed E-state index contributed by atoms with van der Waals surface area (Å²) in [5.74, 6) is -0.0804. The number of hydrogen-bond acceptors (Lipinski definition) is 3. The second-order valence-electron chi connectivity index (χ2n) is 5.26. The van der Waals surface area contributed by atoms with E-state index in [4.69, 9.17) is 0 Å². The molecule has 1 aliphatic heterocycles. The Morgan fingerprint density at radius 3 is 2.68 bits per heavy atom. The SMILES string of the molecule is Cl.Cn1cc(NC(=O)C2Cc3ccccc3CN2)ccc1=O. The summed E-state index contributed by atoms with van der Waals surface area (Å²) in [5, 5.41) is 6.09. The van der Waals surface area contributed by atoms with Crippen LogP contribution in [-0.4, -0.2) is 16.5 Å². The summed E-state index contributed by atoms with van der Waals surface area (Å²) < 4.78 is 1.44. The number of pyridine rings is 1. The molecule has 0 fully saturated rings. The number of amides is 1. The summed E-state index contributed by atoms with van der Waals surface area (Å²) in [7, 11) is 1.66. The van der Waals surface area contributed by atoms with Crippen molar-refractivity contribution in [2.45, 2.75) is 19.0 Å². The predicted molar refractivity (Wildman–Crippen MR) is 88.3 cm³/mol. The third-order valence-electron chi connectivity index (χ3n) is 3.75. The van der Waals surface area contributed by atoms with E-state index in [2.05, 4.69) is 22.8 Å². The van der Waals surface area contributed by atoms with Crippen molar-refractivity contribution in [3.63, 3.8) is 0 Å². The average molecular weight is 320 g/mol.